The van der Waals surface area contributed by atoms with Crippen molar-refractivity contribution in [3.8, 4) is 0 Å². The van der Waals surface area contributed by atoms with Gasteiger partial charge in [-0.15, -0.1) is 11.3 Å². The smallest absolute Gasteiger partial charge is 0.262 e. The molecule has 5 nitrogen and oxygen atoms in total. The monoisotopic (exact) mass is 377 g/mol. The highest BCUT2D eigenvalue weighted by Gasteiger charge is 2.25. The number of thiophene rings is 1. The maximum absolute atomic E-state index is 12.8. The average Bonchev–Trinajstić information content (AvgIpc) is 3.29. The summed E-state index contributed by atoms with van der Waals surface area (Å²) in [5.41, 5.74) is 1.23. The van der Waals surface area contributed by atoms with Gasteiger partial charge in [-0.2, -0.15) is 0 Å². The van der Waals surface area contributed by atoms with Crippen LogP contribution in [0.5, 0.6) is 0 Å². The number of amides is 1. The van der Waals surface area contributed by atoms with E-state index in [2.05, 4.69) is 5.32 Å². The molecular formula is C18H23N3O2S2. The molecule has 0 aliphatic heterocycles. The van der Waals surface area contributed by atoms with Crippen molar-refractivity contribution in [3.63, 3.8) is 0 Å². The molecular weight excluding hydrogens is 354 g/mol. The second-order valence-corrected chi connectivity index (χ2v) is 9.44. The zero-order chi connectivity index (χ0) is 17.6. The summed E-state index contributed by atoms with van der Waals surface area (Å²) in [4.78, 5) is 32.1. The normalized spacial score (nSPS) is 18.6. The molecule has 0 radical (unpaired) electrons. The van der Waals surface area contributed by atoms with Crippen LogP contribution in [0.25, 0.3) is 10.2 Å². The summed E-state index contributed by atoms with van der Waals surface area (Å²) < 4.78 is 1.61. The summed E-state index contributed by atoms with van der Waals surface area (Å²) >= 11 is 3.02. The van der Waals surface area contributed by atoms with E-state index in [4.69, 9.17) is 4.98 Å². The molecule has 2 aromatic heterocycles. The number of fused-ring (bicyclic) bond motifs is 3. The van der Waals surface area contributed by atoms with Gasteiger partial charge in [0.2, 0.25) is 5.91 Å². The van der Waals surface area contributed by atoms with Crippen molar-refractivity contribution in [2.45, 2.75) is 68.3 Å². The maximum Gasteiger partial charge on any atom is 0.262 e. The van der Waals surface area contributed by atoms with Crippen LogP contribution in [0.15, 0.2) is 9.95 Å². The van der Waals surface area contributed by atoms with Crippen molar-refractivity contribution in [1.29, 1.82) is 0 Å². The van der Waals surface area contributed by atoms with Crippen molar-refractivity contribution >= 4 is 39.2 Å². The van der Waals surface area contributed by atoms with Crippen LogP contribution in [0.2, 0.25) is 0 Å². The van der Waals surface area contributed by atoms with Crippen molar-refractivity contribution < 1.29 is 4.79 Å². The highest BCUT2D eigenvalue weighted by Crippen LogP contribution is 2.35. The Bertz CT molecular complexity index is 881. The van der Waals surface area contributed by atoms with E-state index in [9.17, 15) is 9.59 Å². The van der Waals surface area contributed by atoms with Crippen LogP contribution in [0.4, 0.5) is 0 Å². The first-order valence-electron chi connectivity index (χ1n) is 9.03. The molecule has 2 aliphatic rings. The maximum atomic E-state index is 12.8. The Morgan fingerprint density at radius 2 is 2.08 bits per heavy atom. The minimum Gasteiger partial charge on any atom is -0.352 e. The Morgan fingerprint density at radius 1 is 1.32 bits per heavy atom. The van der Waals surface area contributed by atoms with Crippen molar-refractivity contribution in [1.82, 2.24) is 14.9 Å². The summed E-state index contributed by atoms with van der Waals surface area (Å²) in [6.45, 7) is 1.89. The summed E-state index contributed by atoms with van der Waals surface area (Å²) in [5.74, 6) is 0.0416. The number of hydrogen-bond donors (Lipinski definition) is 1. The summed E-state index contributed by atoms with van der Waals surface area (Å²) in [7, 11) is 1.76. The molecule has 1 N–H and O–H groups in total. The molecule has 7 heteroatoms. The Balaban J connectivity index is 1.58. The SMILES string of the molecule is CC(Sc1nc2sc3c(c2c(=O)n1C)CCC3)C(=O)NC1CCCC1. The van der Waals surface area contributed by atoms with E-state index in [0.717, 1.165) is 42.3 Å². The second-order valence-electron chi connectivity index (χ2n) is 7.05. The van der Waals surface area contributed by atoms with Crippen LogP contribution in [0.3, 0.4) is 0 Å². The quantitative estimate of drug-likeness (QED) is 0.657. The zero-order valence-corrected chi connectivity index (χ0v) is 16.3. The highest BCUT2D eigenvalue weighted by molar-refractivity contribution is 8.00. The van der Waals surface area contributed by atoms with Crippen LogP contribution in [-0.4, -0.2) is 26.8 Å². The van der Waals surface area contributed by atoms with Crippen LogP contribution in [0, 0.1) is 0 Å². The molecule has 0 spiro atoms. The highest BCUT2D eigenvalue weighted by atomic mass is 32.2. The zero-order valence-electron chi connectivity index (χ0n) is 14.6. The molecule has 2 aliphatic carbocycles. The minimum absolute atomic E-state index is 0.0234. The Labute approximate surface area is 155 Å². The number of nitrogens with one attached hydrogen (secondary N) is 1. The molecule has 25 heavy (non-hydrogen) atoms. The molecule has 1 fully saturated rings. The van der Waals surface area contributed by atoms with Gasteiger partial charge in [0.1, 0.15) is 4.83 Å². The molecule has 1 saturated carbocycles. The Morgan fingerprint density at radius 3 is 2.84 bits per heavy atom. The van der Waals surface area contributed by atoms with E-state index in [1.54, 1.807) is 23.0 Å². The van der Waals surface area contributed by atoms with Crippen molar-refractivity contribution in [3.05, 3.63) is 20.8 Å². The molecule has 2 heterocycles. The van der Waals surface area contributed by atoms with Gasteiger partial charge in [-0.25, -0.2) is 4.98 Å². The van der Waals surface area contributed by atoms with E-state index in [1.807, 2.05) is 6.92 Å². The summed E-state index contributed by atoms with van der Waals surface area (Å²) in [6.07, 6.45) is 7.72. The first-order valence-corrected chi connectivity index (χ1v) is 10.7. The van der Waals surface area contributed by atoms with E-state index < -0.39 is 0 Å². The molecule has 1 amide bonds. The molecule has 1 unspecified atom stereocenters. The summed E-state index contributed by atoms with van der Waals surface area (Å²) in [5, 5.41) is 4.30. The number of hydrogen-bond acceptors (Lipinski definition) is 5. The molecule has 1 atom stereocenters. The molecule has 0 aromatic carbocycles. The van der Waals surface area contributed by atoms with Gasteiger partial charge in [-0.3, -0.25) is 14.2 Å². The van der Waals surface area contributed by atoms with Gasteiger partial charge >= 0.3 is 0 Å². The molecule has 0 saturated heterocycles. The number of carbonyl (C=O) groups excluding carboxylic acids is 1. The van der Waals surface area contributed by atoms with Gasteiger partial charge in [-0.1, -0.05) is 24.6 Å². The van der Waals surface area contributed by atoms with E-state index >= 15 is 0 Å². The number of nitrogens with zero attached hydrogens (tertiary/aromatic N) is 2. The lowest BCUT2D eigenvalue weighted by atomic mass is 10.2. The third-order valence-corrected chi connectivity index (χ3v) is 7.59. The lowest BCUT2D eigenvalue weighted by Crippen LogP contribution is -2.38. The Hall–Kier alpha value is -1.34. The first kappa shape index (κ1) is 17.1. The average molecular weight is 378 g/mol. The van der Waals surface area contributed by atoms with E-state index in [1.165, 1.54) is 35.0 Å². The fourth-order valence-electron chi connectivity index (χ4n) is 3.81. The summed E-state index contributed by atoms with van der Waals surface area (Å²) in [6, 6.07) is 0.315. The largest absolute Gasteiger partial charge is 0.352 e. The number of aryl methyl sites for hydroxylation is 2. The van der Waals surface area contributed by atoms with Gasteiger partial charge in [0, 0.05) is 18.0 Å². The number of rotatable bonds is 4. The van der Waals surface area contributed by atoms with Gasteiger partial charge in [0.15, 0.2) is 5.16 Å². The third kappa shape index (κ3) is 3.12. The molecule has 0 bridgehead atoms. The Kier molecular flexibility index (Phi) is 4.62. The van der Waals surface area contributed by atoms with Gasteiger partial charge < -0.3 is 5.32 Å². The number of thioether (sulfide) groups is 1. The molecule has 134 valence electrons. The molecule has 2 aromatic rings. The fraction of sp³-hybridized carbons (Fsp3) is 0.611. The topological polar surface area (TPSA) is 64.0 Å². The number of carbonyl (C=O) groups is 1. The van der Waals surface area contributed by atoms with Crippen molar-refractivity contribution in [2.24, 2.45) is 7.05 Å². The lowest BCUT2D eigenvalue weighted by Gasteiger charge is -2.17. The van der Waals surface area contributed by atoms with Crippen LogP contribution in [-0.2, 0) is 24.7 Å². The predicted octanol–water partition coefficient (Wildman–Crippen LogP) is 3.02. The van der Waals surface area contributed by atoms with E-state index in [-0.39, 0.29) is 16.7 Å². The van der Waals surface area contributed by atoms with Gasteiger partial charge in [-0.05, 0) is 44.6 Å². The van der Waals surface area contributed by atoms with Gasteiger partial charge in [0.25, 0.3) is 5.56 Å². The fourth-order valence-corrected chi connectivity index (χ4v) is 6.00. The van der Waals surface area contributed by atoms with Gasteiger partial charge in [0.05, 0.1) is 10.6 Å². The molecule has 4 rings (SSSR count). The third-order valence-electron chi connectivity index (χ3n) is 5.26. The second kappa shape index (κ2) is 6.76. The lowest BCUT2D eigenvalue weighted by molar-refractivity contribution is -0.120. The minimum atomic E-state index is -0.261. The van der Waals surface area contributed by atoms with Crippen LogP contribution in [0.1, 0.15) is 49.5 Å². The van der Waals surface area contributed by atoms with Crippen LogP contribution < -0.4 is 10.9 Å². The van der Waals surface area contributed by atoms with Crippen molar-refractivity contribution in [2.75, 3.05) is 0 Å². The standard InChI is InChI=1S/C18H23N3O2S2/c1-10(15(22)19-11-6-3-4-7-11)24-18-20-16-14(17(23)21(18)2)12-8-5-9-13(12)25-16/h10-11H,3-9H2,1-2H3,(H,19,22). The number of aromatic nitrogens is 2. The predicted molar refractivity (Wildman–Crippen MR) is 103 cm³/mol. The van der Waals surface area contributed by atoms with Crippen LogP contribution >= 0.6 is 23.1 Å². The first-order chi connectivity index (χ1) is 12.0. The van der Waals surface area contributed by atoms with E-state index in [0.29, 0.717) is 11.2 Å².